The summed E-state index contributed by atoms with van der Waals surface area (Å²) in [5, 5.41) is 2.23. The monoisotopic (exact) mass is 320 g/mol. The van der Waals surface area contributed by atoms with Gasteiger partial charge in [0.15, 0.2) is 0 Å². The first-order chi connectivity index (χ1) is 10.7. The molecule has 120 valence electrons. The third-order valence-electron chi connectivity index (χ3n) is 3.72. The molecule has 0 spiro atoms. The van der Waals surface area contributed by atoms with Crippen molar-refractivity contribution in [1.29, 1.82) is 0 Å². The predicted molar refractivity (Wildman–Crippen MR) is 94.5 cm³/mol. The van der Waals surface area contributed by atoms with E-state index in [1.807, 2.05) is 12.1 Å². The van der Waals surface area contributed by atoms with Gasteiger partial charge >= 0.3 is 0 Å². The Morgan fingerprint density at radius 3 is 2.55 bits per heavy atom. The SMILES string of the molecule is CCCOc1c(C)cc(OCC(C)CCCl)c2ccccc12. The van der Waals surface area contributed by atoms with Crippen molar-refractivity contribution in [1.82, 2.24) is 0 Å². The van der Waals surface area contributed by atoms with Gasteiger partial charge in [-0.15, -0.1) is 11.6 Å². The summed E-state index contributed by atoms with van der Waals surface area (Å²) < 4.78 is 12.0. The van der Waals surface area contributed by atoms with Gasteiger partial charge in [-0.05, 0) is 37.3 Å². The summed E-state index contributed by atoms with van der Waals surface area (Å²) >= 11 is 5.80. The van der Waals surface area contributed by atoms with Gasteiger partial charge in [0.25, 0.3) is 0 Å². The van der Waals surface area contributed by atoms with Crippen LogP contribution in [0.5, 0.6) is 11.5 Å². The number of alkyl halides is 1. The fraction of sp³-hybridized carbons (Fsp3) is 0.474. The smallest absolute Gasteiger partial charge is 0.130 e. The standard InChI is InChI=1S/C19H25ClO2/c1-4-11-21-19-15(3)12-18(22-13-14(2)9-10-20)16-7-5-6-8-17(16)19/h5-8,12,14H,4,9-11,13H2,1-3H3. The zero-order valence-electron chi connectivity index (χ0n) is 13.7. The third-order valence-corrected chi connectivity index (χ3v) is 3.94. The van der Waals surface area contributed by atoms with Crippen LogP contribution in [0.1, 0.15) is 32.3 Å². The number of aryl methyl sites for hydroxylation is 1. The van der Waals surface area contributed by atoms with Crippen LogP contribution in [0.15, 0.2) is 30.3 Å². The lowest BCUT2D eigenvalue weighted by Gasteiger charge is -2.17. The number of hydrogen-bond donors (Lipinski definition) is 0. The first-order valence-corrected chi connectivity index (χ1v) is 8.54. The lowest BCUT2D eigenvalue weighted by molar-refractivity contribution is 0.259. The molecular formula is C19H25ClO2. The van der Waals surface area contributed by atoms with Crippen LogP contribution < -0.4 is 9.47 Å². The van der Waals surface area contributed by atoms with E-state index in [4.69, 9.17) is 21.1 Å². The number of hydrogen-bond acceptors (Lipinski definition) is 2. The predicted octanol–water partition coefficient (Wildman–Crippen LogP) is 5.58. The molecule has 0 radical (unpaired) electrons. The minimum atomic E-state index is 0.451. The second kappa shape index (κ2) is 8.28. The van der Waals surface area contributed by atoms with Gasteiger partial charge in [0.1, 0.15) is 11.5 Å². The Hall–Kier alpha value is -1.41. The minimum absolute atomic E-state index is 0.451. The molecule has 0 saturated heterocycles. The topological polar surface area (TPSA) is 18.5 Å². The van der Waals surface area contributed by atoms with Crippen molar-refractivity contribution >= 4 is 22.4 Å². The Kier molecular flexibility index (Phi) is 6.38. The van der Waals surface area contributed by atoms with Crippen LogP contribution in [-0.4, -0.2) is 19.1 Å². The van der Waals surface area contributed by atoms with Crippen molar-refractivity contribution in [2.75, 3.05) is 19.1 Å². The highest BCUT2D eigenvalue weighted by atomic mass is 35.5. The first kappa shape index (κ1) is 17.0. The highest BCUT2D eigenvalue weighted by Crippen LogP contribution is 2.36. The van der Waals surface area contributed by atoms with Gasteiger partial charge in [-0.1, -0.05) is 38.1 Å². The Morgan fingerprint density at radius 2 is 1.86 bits per heavy atom. The molecule has 1 atom stereocenters. The number of rotatable bonds is 8. The van der Waals surface area contributed by atoms with Gasteiger partial charge in [-0.2, -0.15) is 0 Å². The number of fused-ring (bicyclic) bond motifs is 1. The van der Waals surface area contributed by atoms with Crippen LogP contribution in [0.4, 0.5) is 0 Å². The summed E-state index contributed by atoms with van der Waals surface area (Å²) in [6.45, 7) is 7.78. The van der Waals surface area contributed by atoms with Gasteiger partial charge < -0.3 is 9.47 Å². The van der Waals surface area contributed by atoms with E-state index in [0.29, 0.717) is 18.4 Å². The lowest BCUT2D eigenvalue weighted by Crippen LogP contribution is -2.09. The molecule has 0 heterocycles. The normalized spacial score (nSPS) is 12.4. The second-order valence-corrected chi connectivity index (χ2v) is 6.19. The van der Waals surface area contributed by atoms with Crippen molar-refractivity contribution in [3.8, 4) is 11.5 Å². The van der Waals surface area contributed by atoms with Gasteiger partial charge in [-0.3, -0.25) is 0 Å². The molecule has 0 saturated carbocycles. The second-order valence-electron chi connectivity index (χ2n) is 5.81. The van der Waals surface area contributed by atoms with E-state index in [1.54, 1.807) is 0 Å². The minimum Gasteiger partial charge on any atom is -0.493 e. The van der Waals surface area contributed by atoms with Crippen molar-refractivity contribution in [3.63, 3.8) is 0 Å². The molecule has 3 heteroatoms. The highest BCUT2D eigenvalue weighted by Gasteiger charge is 2.12. The zero-order valence-corrected chi connectivity index (χ0v) is 14.5. The maximum absolute atomic E-state index is 6.06. The average Bonchev–Trinajstić information content (AvgIpc) is 2.52. The lowest BCUT2D eigenvalue weighted by atomic mass is 10.0. The average molecular weight is 321 g/mol. The molecule has 1 unspecified atom stereocenters. The van der Waals surface area contributed by atoms with E-state index in [-0.39, 0.29) is 0 Å². The Morgan fingerprint density at radius 1 is 1.14 bits per heavy atom. The van der Waals surface area contributed by atoms with Crippen LogP contribution in [0.3, 0.4) is 0 Å². The molecule has 2 aromatic carbocycles. The van der Waals surface area contributed by atoms with Crippen LogP contribution in [-0.2, 0) is 0 Å². The molecule has 0 aromatic heterocycles. The maximum Gasteiger partial charge on any atom is 0.130 e. The summed E-state index contributed by atoms with van der Waals surface area (Å²) in [4.78, 5) is 0. The van der Waals surface area contributed by atoms with Gasteiger partial charge in [0.2, 0.25) is 0 Å². The molecule has 0 aliphatic carbocycles. The Balaban J connectivity index is 2.31. The van der Waals surface area contributed by atoms with Crippen LogP contribution in [0.25, 0.3) is 10.8 Å². The summed E-state index contributed by atoms with van der Waals surface area (Å²) in [6.07, 6.45) is 1.97. The highest BCUT2D eigenvalue weighted by molar-refractivity contribution is 6.17. The van der Waals surface area contributed by atoms with Crippen molar-refractivity contribution in [2.24, 2.45) is 5.92 Å². The Labute approximate surface area is 138 Å². The quantitative estimate of drug-likeness (QED) is 0.591. The molecule has 2 nitrogen and oxygen atoms in total. The molecule has 0 aliphatic rings. The van der Waals surface area contributed by atoms with Gasteiger partial charge in [-0.25, -0.2) is 0 Å². The van der Waals surface area contributed by atoms with Crippen molar-refractivity contribution in [3.05, 3.63) is 35.9 Å². The third kappa shape index (κ3) is 4.07. The maximum atomic E-state index is 6.06. The number of ether oxygens (including phenoxy) is 2. The molecule has 0 amide bonds. The van der Waals surface area contributed by atoms with E-state index in [2.05, 4.69) is 39.0 Å². The molecule has 2 aromatic rings. The van der Waals surface area contributed by atoms with E-state index in [1.165, 1.54) is 0 Å². The fourth-order valence-electron chi connectivity index (χ4n) is 2.47. The van der Waals surface area contributed by atoms with Crippen molar-refractivity contribution < 1.29 is 9.47 Å². The number of benzene rings is 2. The van der Waals surface area contributed by atoms with E-state index >= 15 is 0 Å². The largest absolute Gasteiger partial charge is 0.493 e. The fourth-order valence-corrected chi connectivity index (χ4v) is 2.84. The summed E-state index contributed by atoms with van der Waals surface area (Å²) in [6, 6.07) is 10.4. The molecule has 22 heavy (non-hydrogen) atoms. The van der Waals surface area contributed by atoms with Crippen LogP contribution in [0.2, 0.25) is 0 Å². The molecule has 0 N–H and O–H groups in total. The number of halogens is 1. The van der Waals surface area contributed by atoms with Crippen molar-refractivity contribution in [2.45, 2.75) is 33.6 Å². The molecule has 2 rings (SSSR count). The summed E-state index contributed by atoms with van der Waals surface area (Å²) in [7, 11) is 0. The molecule has 0 bridgehead atoms. The van der Waals surface area contributed by atoms with E-state index in [0.717, 1.165) is 47.3 Å². The summed E-state index contributed by atoms with van der Waals surface area (Å²) in [5.41, 5.74) is 1.12. The molecular weight excluding hydrogens is 296 g/mol. The summed E-state index contributed by atoms with van der Waals surface area (Å²) in [5.74, 6) is 3.03. The Bertz CT molecular complexity index is 610. The molecule has 0 aliphatic heterocycles. The van der Waals surface area contributed by atoms with E-state index in [9.17, 15) is 0 Å². The van der Waals surface area contributed by atoms with Crippen LogP contribution >= 0.6 is 11.6 Å². The molecule has 0 fully saturated rings. The van der Waals surface area contributed by atoms with Gasteiger partial charge in [0, 0.05) is 16.7 Å². The van der Waals surface area contributed by atoms with Crippen LogP contribution in [0, 0.1) is 12.8 Å². The zero-order chi connectivity index (χ0) is 15.9. The van der Waals surface area contributed by atoms with Gasteiger partial charge in [0.05, 0.1) is 13.2 Å². The first-order valence-electron chi connectivity index (χ1n) is 8.01. The van der Waals surface area contributed by atoms with E-state index < -0.39 is 0 Å².